The third kappa shape index (κ3) is 4.37. The van der Waals surface area contributed by atoms with Crippen LogP contribution in [0.3, 0.4) is 0 Å². The fraction of sp³-hybridized carbons (Fsp3) is 0.571. The summed E-state index contributed by atoms with van der Waals surface area (Å²) in [6.07, 6.45) is 3.31. The van der Waals surface area contributed by atoms with Crippen molar-refractivity contribution in [3.8, 4) is 0 Å². The zero-order chi connectivity index (χ0) is 22.9. The number of benzene rings is 1. The van der Waals surface area contributed by atoms with Gasteiger partial charge in [0.2, 0.25) is 10.0 Å². The van der Waals surface area contributed by atoms with Gasteiger partial charge in [-0.2, -0.15) is 9.40 Å². The molecule has 0 spiro atoms. The van der Waals surface area contributed by atoms with E-state index in [1.165, 1.54) is 40.4 Å². The maximum atomic E-state index is 13.3. The van der Waals surface area contributed by atoms with Crippen molar-refractivity contribution in [3.63, 3.8) is 0 Å². The number of methoxy groups -OCH3 is 2. The normalized spacial score (nSPS) is 19.8. The summed E-state index contributed by atoms with van der Waals surface area (Å²) in [5.74, 6) is -0.0198. The molecule has 0 radical (unpaired) electrons. The number of hydrogen-bond acceptors (Lipinski definition) is 7. The lowest BCUT2D eigenvalue weighted by molar-refractivity contribution is 0.0600. The van der Waals surface area contributed by atoms with Crippen LogP contribution in [-0.2, 0) is 26.0 Å². The summed E-state index contributed by atoms with van der Waals surface area (Å²) in [4.78, 5) is 24.6. The molecule has 11 heteroatoms. The molecule has 2 heterocycles. The Balaban J connectivity index is 1.58. The zero-order valence-corrected chi connectivity index (χ0v) is 19.1. The number of hydrogen-bond donors (Lipinski definition) is 0. The van der Waals surface area contributed by atoms with Crippen LogP contribution < -0.4 is 5.69 Å². The van der Waals surface area contributed by atoms with Gasteiger partial charge in [-0.1, -0.05) is 0 Å². The molecular weight excluding hydrogens is 436 g/mol. The fourth-order valence-electron chi connectivity index (χ4n) is 4.12. The minimum Gasteiger partial charge on any atom is -0.465 e. The number of sulfonamides is 1. The number of nitrogens with zero attached hydrogens (tertiary/aromatic N) is 4. The second-order valence-corrected chi connectivity index (χ2v) is 10.1. The highest BCUT2D eigenvalue weighted by molar-refractivity contribution is 7.89. The second kappa shape index (κ2) is 9.16. The van der Waals surface area contributed by atoms with Gasteiger partial charge in [0, 0.05) is 32.2 Å². The van der Waals surface area contributed by atoms with Crippen molar-refractivity contribution >= 4 is 16.0 Å². The Morgan fingerprint density at radius 1 is 1.16 bits per heavy atom. The Morgan fingerprint density at radius 2 is 1.88 bits per heavy atom. The van der Waals surface area contributed by atoms with Gasteiger partial charge in [0.1, 0.15) is 5.82 Å². The minimum atomic E-state index is -3.75. The van der Waals surface area contributed by atoms with E-state index in [0.717, 1.165) is 19.3 Å². The van der Waals surface area contributed by atoms with Gasteiger partial charge in [0.05, 0.1) is 30.7 Å². The van der Waals surface area contributed by atoms with Gasteiger partial charge in [0.15, 0.2) is 0 Å². The van der Waals surface area contributed by atoms with Crippen LogP contribution >= 0.6 is 0 Å². The Labute approximate surface area is 186 Å². The predicted molar refractivity (Wildman–Crippen MR) is 115 cm³/mol. The molecule has 1 aromatic heterocycles. The molecule has 0 bridgehead atoms. The summed E-state index contributed by atoms with van der Waals surface area (Å²) in [7, 11) is -0.897. The maximum absolute atomic E-state index is 13.3. The van der Waals surface area contributed by atoms with Crippen molar-refractivity contribution in [1.82, 2.24) is 18.7 Å². The summed E-state index contributed by atoms with van der Waals surface area (Å²) < 4.78 is 40.9. The summed E-state index contributed by atoms with van der Waals surface area (Å²) in [5.41, 5.74) is 0.135. The molecule has 4 rings (SSSR count). The molecule has 2 aliphatic rings. The van der Waals surface area contributed by atoms with Gasteiger partial charge >= 0.3 is 11.7 Å². The smallest absolute Gasteiger partial charge is 0.346 e. The average molecular weight is 465 g/mol. The molecule has 1 aliphatic heterocycles. The molecule has 0 N–H and O–H groups in total. The van der Waals surface area contributed by atoms with Gasteiger partial charge in [0.25, 0.3) is 0 Å². The number of carbonyl (C=O) groups excluding carboxylic acids is 1. The van der Waals surface area contributed by atoms with Crippen LogP contribution in [0.4, 0.5) is 0 Å². The number of ether oxygens (including phenoxy) is 2. The first-order valence-electron chi connectivity index (χ1n) is 10.7. The minimum absolute atomic E-state index is 0.121. The van der Waals surface area contributed by atoms with E-state index in [2.05, 4.69) is 9.84 Å². The van der Waals surface area contributed by atoms with Crippen LogP contribution in [0, 0.1) is 0 Å². The van der Waals surface area contributed by atoms with Gasteiger partial charge in [-0.15, -0.1) is 0 Å². The Morgan fingerprint density at radius 3 is 2.50 bits per heavy atom. The molecule has 2 aromatic rings. The molecule has 2 fully saturated rings. The number of carbonyl (C=O) groups is 1. The zero-order valence-electron chi connectivity index (χ0n) is 18.3. The average Bonchev–Trinajstić information content (AvgIpc) is 3.60. The van der Waals surface area contributed by atoms with Crippen LogP contribution in [0.1, 0.15) is 53.8 Å². The van der Waals surface area contributed by atoms with Crippen LogP contribution in [0.5, 0.6) is 0 Å². The van der Waals surface area contributed by atoms with Gasteiger partial charge in [-0.05, 0) is 49.9 Å². The number of piperidine rings is 1. The molecule has 1 saturated heterocycles. The molecular formula is C21H28N4O6S. The lowest BCUT2D eigenvalue weighted by Crippen LogP contribution is -2.40. The monoisotopic (exact) mass is 464 g/mol. The number of rotatable bonds is 8. The Bertz CT molecular complexity index is 1130. The van der Waals surface area contributed by atoms with E-state index in [0.29, 0.717) is 31.9 Å². The SMILES string of the molecule is COCCn1nc(C2CCCN(S(=O)(=O)c3ccc(C(=O)OC)cc3)C2)n(C2CC2)c1=O. The van der Waals surface area contributed by atoms with Crippen molar-refractivity contribution in [2.75, 3.05) is 33.9 Å². The van der Waals surface area contributed by atoms with E-state index >= 15 is 0 Å². The third-order valence-corrected chi connectivity index (χ3v) is 7.86. The number of aromatic nitrogens is 3. The molecule has 0 amide bonds. The molecule has 1 atom stereocenters. The van der Waals surface area contributed by atoms with E-state index in [1.54, 1.807) is 11.7 Å². The molecule has 10 nitrogen and oxygen atoms in total. The standard InChI is InChI=1S/C21H28N4O6S/c1-30-13-12-24-21(27)25(17-7-8-17)19(22-24)16-4-3-11-23(14-16)32(28,29)18-9-5-15(6-10-18)20(26)31-2/h5-6,9-10,16-17H,3-4,7-8,11-14H2,1-2H3. The van der Waals surface area contributed by atoms with Crippen molar-refractivity contribution in [1.29, 1.82) is 0 Å². The highest BCUT2D eigenvalue weighted by atomic mass is 32.2. The van der Waals surface area contributed by atoms with E-state index < -0.39 is 16.0 Å². The molecule has 1 aliphatic carbocycles. The maximum Gasteiger partial charge on any atom is 0.346 e. The summed E-state index contributed by atoms with van der Waals surface area (Å²) >= 11 is 0. The van der Waals surface area contributed by atoms with E-state index in [1.807, 2.05) is 0 Å². The van der Waals surface area contributed by atoms with Gasteiger partial charge in [-0.25, -0.2) is 22.7 Å². The molecule has 1 saturated carbocycles. The van der Waals surface area contributed by atoms with Gasteiger partial charge in [-0.3, -0.25) is 4.57 Å². The van der Waals surface area contributed by atoms with Crippen LogP contribution in [0.15, 0.2) is 34.0 Å². The van der Waals surface area contributed by atoms with Crippen LogP contribution in [0.25, 0.3) is 0 Å². The lowest BCUT2D eigenvalue weighted by atomic mass is 9.99. The highest BCUT2D eigenvalue weighted by Gasteiger charge is 2.37. The molecule has 32 heavy (non-hydrogen) atoms. The summed E-state index contributed by atoms with van der Waals surface area (Å²) in [6, 6.07) is 5.88. The van der Waals surface area contributed by atoms with Crippen LogP contribution in [-0.4, -0.2) is 67.0 Å². The highest BCUT2D eigenvalue weighted by Crippen LogP contribution is 2.37. The second-order valence-electron chi connectivity index (χ2n) is 8.18. The van der Waals surface area contributed by atoms with Crippen molar-refractivity contribution < 1.29 is 22.7 Å². The van der Waals surface area contributed by atoms with E-state index in [-0.39, 0.29) is 34.7 Å². The van der Waals surface area contributed by atoms with Crippen molar-refractivity contribution in [3.05, 3.63) is 46.1 Å². The Hall–Kier alpha value is -2.50. The molecule has 174 valence electrons. The van der Waals surface area contributed by atoms with E-state index in [9.17, 15) is 18.0 Å². The summed E-state index contributed by atoms with van der Waals surface area (Å²) in [5, 5.41) is 4.58. The summed E-state index contributed by atoms with van der Waals surface area (Å²) in [6.45, 7) is 1.40. The predicted octanol–water partition coefficient (Wildman–Crippen LogP) is 1.38. The molecule has 1 aromatic carbocycles. The van der Waals surface area contributed by atoms with E-state index in [4.69, 9.17) is 4.74 Å². The topological polar surface area (TPSA) is 113 Å². The first-order chi connectivity index (χ1) is 15.4. The van der Waals surface area contributed by atoms with Crippen molar-refractivity contribution in [2.45, 2.75) is 49.1 Å². The third-order valence-electron chi connectivity index (χ3n) is 5.98. The quantitative estimate of drug-likeness (QED) is 0.543. The van der Waals surface area contributed by atoms with Crippen molar-refractivity contribution in [2.24, 2.45) is 0 Å². The first-order valence-corrected chi connectivity index (χ1v) is 12.2. The fourth-order valence-corrected chi connectivity index (χ4v) is 5.64. The Kier molecular flexibility index (Phi) is 6.50. The van der Waals surface area contributed by atoms with Crippen LogP contribution in [0.2, 0.25) is 0 Å². The first kappa shape index (κ1) is 22.7. The molecule has 1 unspecified atom stereocenters. The van der Waals surface area contributed by atoms with Gasteiger partial charge < -0.3 is 9.47 Å². The number of esters is 1. The largest absolute Gasteiger partial charge is 0.465 e. The lowest BCUT2D eigenvalue weighted by Gasteiger charge is -2.31.